The van der Waals surface area contributed by atoms with Gasteiger partial charge in [0.15, 0.2) is 10.9 Å². The summed E-state index contributed by atoms with van der Waals surface area (Å²) in [6.07, 6.45) is -2.96. The third kappa shape index (κ3) is 4.78. The quantitative estimate of drug-likeness (QED) is 0.624. The molecule has 0 aliphatic carbocycles. The van der Waals surface area contributed by atoms with Crippen LogP contribution in [0.1, 0.15) is 13.3 Å². The Hall–Kier alpha value is -0.580. The third-order valence-corrected chi connectivity index (χ3v) is 1.07. The first-order valence-corrected chi connectivity index (χ1v) is 3.34. The molecular weight excluding hydrogens is 177 g/mol. The molecule has 0 rings (SSSR count). The van der Waals surface area contributed by atoms with E-state index in [4.69, 9.17) is 0 Å². The van der Waals surface area contributed by atoms with Crippen LogP contribution in [0.4, 0.5) is 13.2 Å². The summed E-state index contributed by atoms with van der Waals surface area (Å²) in [6, 6.07) is 0. The van der Waals surface area contributed by atoms with Crippen LogP contribution in [0.25, 0.3) is 0 Å². The molecule has 0 aromatic heterocycles. The second-order valence-corrected chi connectivity index (χ2v) is 2.10. The third-order valence-electron chi connectivity index (χ3n) is 0.810. The first-order chi connectivity index (χ1) is 5.07. The van der Waals surface area contributed by atoms with Gasteiger partial charge in [-0.1, -0.05) is 0 Å². The predicted octanol–water partition coefficient (Wildman–Crippen LogP) is 2.82. The summed E-state index contributed by atoms with van der Waals surface area (Å²) in [5.74, 6) is -1.52. The highest BCUT2D eigenvalue weighted by atomic mass is 32.1. The zero-order chi connectivity index (χ0) is 8.85. The second-order valence-electron chi connectivity index (χ2n) is 1.65. The lowest BCUT2D eigenvalue weighted by Gasteiger charge is -2.01. The minimum atomic E-state index is -2.34. The summed E-state index contributed by atoms with van der Waals surface area (Å²) in [5, 5.41) is -0.155. The van der Waals surface area contributed by atoms with Crippen LogP contribution in [-0.4, -0.2) is 11.7 Å². The zero-order valence-electron chi connectivity index (χ0n) is 5.86. The Balaban J connectivity index is 3.86. The molecule has 0 radical (unpaired) electrons. The molecule has 0 unspecified atom stereocenters. The highest BCUT2D eigenvalue weighted by Crippen LogP contribution is 2.13. The van der Waals surface area contributed by atoms with Gasteiger partial charge in [0.1, 0.15) is 0 Å². The van der Waals surface area contributed by atoms with Crippen molar-refractivity contribution < 1.29 is 17.9 Å². The number of thiocarbonyl (C=S) groups is 1. The molecule has 0 aromatic carbocycles. The smallest absolute Gasteiger partial charge is 0.301 e. The largest absolute Gasteiger partial charge is 0.487 e. The summed E-state index contributed by atoms with van der Waals surface area (Å²) in [4.78, 5) is 0. The van der Waals surface area contributed by atoms with Crippen molar-refractivity contribution in [2.45, 2.75) is 13.3 Å². The van der Waals surface area contributed by atoms with Crippen molar-refractivity contribution in [1.82, 2.24) is 0 Å². The molecule has 5 heteroatoms. The Morgan fingerprint density at radius 1 is 1.36 bits per heavy atom. The molecule has 0 saturated heterocycles. The number of ether oxygens (including phenoxy) is 1. The minimum absolute atomic E-state index is 0.155. The van der Waals surface area contributed by atoms with E-state index in [0.717, 1.165) is 0 Å². The minimum Gasteiger partial charge on any atom is -0.487 e. The molecule has 0 amide bonds. The van der Waals surface area contributed by atoms with Gasteiger partial charge in [0, 0.05) is 0 Å². The SMILES string of the molecule is CCOC(=S)CC(F)=C(F)F. The van der Waals surface area contributed by atoms with Crippen molar-refractivity contribution in [2.24, 2.45) is 0 Å². The van der Waals surface area contributed by atoms with Crippen molar-refractivity contribution in [3.05, 3.63) is 11.9 Å². The average molecular weight is 184 g/mol. The summed E-state index contributed by atoms with van der Waals surface area (Å²) in [5.41, 5.74) is 0. The van der Waals surface area contributed by atoms with Crippen LogP contribution in [0.15, 0.2) is 11.9 Å². The van der Waals surface area contributed by atoms with Crippen LogP contribution in [0.2, 0.25) is 0 Å². The topological polar surface area (TPSA) is 9.23 Å². The van der Waals surface area contributed by atoms with Crippen LogP contribution in [0, 0.1) is 0 Å². The lowest BCUT2D eigenvalue weighted by atomic mass is 10.4. The number of hydrogen-bond acceptors (Lipinski definition) is 2. The van der Waals surface area contributed by atoms with E-state index >= 15 is 0 Å². The van der Waals surface area contributed by atoms with Gasteiger partial charge in [-0.2, -0.15) is 8.78 Å². The van der Waals surface area contributed by atoms with E-state index in [9.17, 15) is 13.2 Å². The molecular formula is C6H7F3OS. The van der Waals surface area contributed by atoms with E-state index in [2.05, 4.69) is 17.0 Å². The maximum Gasteiger partial charge on any atom is 0.301 e. The molecule has 0 N–H and O–H groups in total. The molecule has 11 heavy (non-hydrogen) atoms. The van der Waals surface area contributed by atoms with Crippen molar-refractivity contribution in [1.29, 1.82) is 0 Å². The normalized spacial score (nSPS) is 9.09. The Labute approximate surface area is 67.8 Å². The van der Waals surface area contributed by atoms with Gasteiger partial charge in [-0.3, -0.25) is 0 Å². The van der Waals surface area contributed by atoms with Gasteiger partial charge in [-0.05, 0) is 19.1 Å². The summed E-state index contributed by atoms with van der Waals surface area (Å²) in [6.45, 7) is 1.90. The lowest BCUT2D eigenvalue weighted by molar-refractivity contribution is 0.320. The monoisotopic (exact) mass is 184 g/mol. The first-order valence-electron chi connectivity index (χ1n) is 2.93. The van der Waals surface area contributed by atoms with E-state index in [-0.39, 0.29) is 11.7 Å². The summed E-state index contributed by atoms with van der Waals surface area (Å²) < 4.78 is 39.5. The Morgan fingerprint density at radius 2 is 1.91 bits per heavy atom. The molecule has 0 heterocycles. The predicted molar refractivity (Wildman–Crippen MR) is 39.2 cm³/mol. The van der Waals surface area contributed by atoms with E-state index in [1.54, 1.807) is 6.92 Å². The van der Waals surface area contributed by atoms with Crippen molar-refractivity contribution >= 4 is 17.3 Å². The maximum atomic E-state index is 12.1. The molecule has 0 atom stereocenters. The lowest BCUT2D eigenvalue weighted by Crippen LogP contribution is -2.01. The number of hydrogen-bond donors (Lipinski definition) is 0. The standard InChI is InChI=1S/C6H7F3OS/c1-2-10-5(11)3-4(7)6(8)9/h2-3H2,1H3. The molecule has 0 aliphatic heterocycles. The van der Waals surface area contributed by atoms with Crippen LogP contribution in [0.3, 0.4) is 0 Å². The van der Waals surface area contributed by atoms with Crippen LogP contribution < -0.4 is 0 Å². The van der Waals surface area contributed by atoms with Gasteiger partial charge < -0.3 is 4.74 Å². The van der Waals surface area contributed by atoms with E-state index in [1.807, 2.05) is 0 Å². The second kappa shape index (κ2) is 5.12. The fraction of sp³-hybridized carbons (Fsp3) is 0.500. The van der Waals surface area contributed by atoms with Crippen LogP contribution in [0.5, 0.6) is 0 Å². The zero-order valence-corrected chi connectivity index (χ0v) is 6.68. The van der Waals surface area contributed by atoms with Crippen molar-refractivity contribution in [2.75, 3.05) is 6.61 Å². The highest BCUT2D eigenvalue weighted by molar-refractivity contribution is 7.80. The van der Waals surface area contributed by atoms with Gasteiger partial charge in [-0.15, -0.1) is 0 Å². The van der Waals surface area contributed by atoms with Gasteiger partial charge >= 0.3 is 6.08 Å². The Morgan fingerprint density at radius 3 is 2.27 bits per heavy atom. The molecule has 0 spiro atoms. The van der Waals surface area contributed by atoms with E-state index in [1.165, 1.54) is 0 Å². The van der Waals surface area contributed by atoms with Crippen molar-refractivity contribution in [3.8, 4) is 0 Å². The fourth-order valence-corrected chi connectivity index (χ4v) is 0.650. The molecule has 64 valence electrons. The highest BCUT2D eigenvalue weighted by Gasteiger charge is 2.08. The van der Waals surface area contributed by atoms with Gasteiger partial charge in [0.25, 0.3) is 0 Å². The maximum absolute atomic E-state index is 12.1. The van der Waals surface area contributed by atoms with E-state index in [0.29, 0.717) is 0 Å². The van der Waals surface area contributed by atoms with Gasteiger partial charge in [0.05, 0.1) is 13.0 Å². The molecule has 0 aromatic rings. The molecule has 1 nitrogen and oxygen atoms in total. The van der Waals surface area contributed by atoms with E-state index < -0.39 is 18.3 Å². The van der Waals surface area contributed by atoms with Gasteiger partial charge in [0.2, 0.25) is 0 Å². The fourth-order valence-electron chi connectivity index (χ4n) is 0.406. The van der Waals surface area contributed by atoms with Crippen molar-refractivity contribution in [3.63, 3.8) is 0 Å². The molecule has 0 saturated carbocycles. The van der Waals surface area contributed by atoms with Crippen LogP contribution in [-0.2, 0) is 4.74 Å². The van der Waals surface area contributed by atoms with Gasteiger partial charge in [-0.25, -0.2) is 4.39 Å². The summed E-state index contributed by atoms with van der Waals surface area (Å²) >= 11 is 4.42. The molecule has 0 bridgehead atoms. The number of halogens is 3. The van der Waals surface area contributed by atoms with Crippen LogP contribution >= 0.6 is 12.2 Å². The Kier molecular flexibility index (Phi) is 4.85. The Bertz CT molecular complexity index is 175. The first kappa shape index (κ1) is 10.4. The number of rotatable bonds is 3. The molecule has 0 fully saturated rings. The molecule has 0 aliphatic rings. The summed E-state index contributed by atoms with van der Waals surface area (Å²) in [7, 11) is 0. The average Bonchev–Trinajstić information content (AvgIpc) is 1.87.